The average Bonchev–Trinajstić information content (AvgIpc) is 2.26. The van der Waals surface area contributed by atoms with Crippen LogP contribution in [-0.4, -0.2) is 28.7 Å². The zero-order valence-corrected chi connectivity index (χ0v) is 11.3. The van der Waals surface area contributed by atoms with Crippen molar-refractivity contribution in [1.29, 1.82) is 0 Å². The Hall–Kier alpha value is -0.870. The van der Waals surface area contributed by atoms with Crippen molar-refractivity contribution < 1.29 is 4.74 Å². The summed E-state index contributed by atoms with van der Waals surface area (Å²) in [5, 5.41) is 3.96. The number of hydrogen-bond donors (Lipinski definition) is 1. The molecular formula is C12H18ClN3O. The molecule has 1 N–H and O–H groups in total. The summed E-state index contributed by atoms with van der Waals surface area (Å²) in [6, 6.07) is 0. The summed E-state index contributed by atoms with van der Waals surface area (Å²) in [5.74, 6) is 1.50. The lowest BCUT2D eigenvalue weighted by Crippen LogP contribution is -2.43. The van der Waals surface area contributed by atoms with Crippen LogP contribution in [0.25, 0.3) is 0 Å². The van der Waals surface area contributed by atoms with Gasteiger partial charge < -0.3 is 10.1 Å². The number of hydrogen-bond acceptors (Lipinski definition) is 4. The predicted octanol–water partition coefficient (Wildman–Crippen LogP) is 2.73. The smallest absolute Gasteiger partial charge is 0.137 e. The standard InChI is InChI=1S/C12H18ClN3O/c1-8-10(13)14-9(2)15-11(8)16-12(3)5-4-6-17-7-12/h4-7H2,1-3H3,(H,14,15,16). The first kappa shape index (κ1) is 12.6. The molecule has 1 atom stereocenters. The maximum Gasteiger partial charge on any atom is 0.137 e. The van der Waals surface area contributed by atoms with Crippen molar-refractivity contribution in [2.24, 2.45) is 0 Å². The van der Waals surface area contributed by atoms with Crippen molar-refractivity contribution in [3.63, 3.8) is 0 Å². The quantitative estimate of drug-likeness (QED) is 0.826. The van der Waals surface area contributed by atoms with Crippen molar-refractivity contribution in [3.8, 4) is 0 Å². The molecule has 0 bridgehead atoms. The fraction of sp³-hybridized carbons (Fsp3) is 0.667. The minimum Gasteiger partial charge on any atom is -0.379 e. The fourth-order valence-corrected chi connectivity index (χ4v) is 2.25. The second-order valence-electron chi connectivity index (χ2n) is 4.88. The van der Waals surface area contributed by atoms with Crippen LogP contribution in [-0.2, 0) is 4.74 Å². The summed E-state index contributed by atoms with van der Waals surface area (Å²) in [6.45, 7) is 7.47. The van der Waals surface area contributed by atoms with Crippen LogP contribution in [0.2, 0.25) is 5.15 Å². The van der Waals surface area contributed by atoms with Crippen molar-refractivity contribution in [3.05, 3.63) is 16.5 Å². The summed E-state index contributed by atoms with van der Waals surface area (Å²) in [6.07, 6.45) is 2.15. The Morgan fingerprint density at radius 2 is 2.12 bits per heavy atom. The molecule has 0 saturated carbocycles. The van der Waals surface area contributed by atoms with Gasteiger partial charge in [-0.15, -0.1) is 0 Å². The van der Waals surface area contributed by atoms with Crippen molar-refractivity contribution in [1.82, 2.24) is 9.97 Å². The Bertz CT molecular complexity index is 416. The van der Waals surface area contributed by atoms with Gasteiger partial charge in [0, 0.05) is 12.2 Å². The maximum atomic E-state index is 6.06. The number of rotatable bonds is 2. The molecule has 1 saturated heterocycles. The monoisotopic (exact) mass is 255 g/mol. The summed E-state index contributed by atoms with van der Waals surface area (Å²) in [4.78, 5) is 8.54. The van der Waals surface area contributed by atoms with Gasteiger partial charge in [0.1, 0.15) is 16.8 Å². The lowest BCUT2D eigenvalue weighted by atomic mass is 9.95. The van der Waals surface area contributed by atoms with Crippen LogP contribution in [0, 0.1) is 13.8 Å². The Morgan fingerprint density at radius 3 is 2.76 bits per heavy atom. The molecule has 1 aromatic rings. The Labute approximate surface area is 107 Å². The highest BCUT2D eigenvalue weighted by Gasteiger charge is 2.28. The Balaban J connectivity index is 2.23. The Kier molecular flexibility index (Phi) is 3.54. The summed E-state index contributed by atoms with van der Waals surface area (Å²) < 4.78 is 5.52. The normalized spacial score (nSPS) is 24.7. The molecule has 1 unspecified atom stereocenters. The SMILES string of the molecule is Cc1nc(Cl)c(C)c(NC2(C)CCCOC2)n1. The number of nitrogens with zero attached hydrogens (tertiary/aromatic N) is 2. The number of aryl methyl sites for hydroxylation is 1. The summed E-state index contributed by atoms with van der Waals surface area (Å²) in [7, 11) is 0. The van der Waals surface area contributed by atoms with E-state index in [1.54, 1.807) is 0 Å². The van der Waals surface area contributed by atoms with Gasteiger partial charge in [0.15, 0.2) is 0 Å². The molecule has 0 amide bonds. The zero-order valence-electron chi connectivity index (χ0n) is 10.5. The fourth-order valence-electron chi connectivity index (χ4n) is 2.03. The number of ether oxygens (including phenoxy) is 1. The van der Waals surface area contributed by atoms with Crippen LogP contribution >= 0.6 is 11.6 Å². The number of anilines is 1. The van der Waals surface area contributed by atoms with Crippen molar-refractivity contribution >= 4 is 17.4 Å². The molecule has 1 fully saturated rings. The molecule has 2 heterocycles. The maximum absolute atomic E-state index is 6.06. The van der Waals surface area contributed by atoms with Crippen LogP contribution in [0.1, 0.15) is 31.2 Å². The van der Waals surface area contributed by atoms with E-state index in [0.717, 1.165) is 30.8 Å². The molecule has 0 aromatic carbocycles. The lowest BCUT2D eigenvalue weighted by molar-refractivity contribution is 0.0538. The van der Waals surface area contributed by atoms with Crippen LogP contribution in [0.4, 0.5) is 5.82 Å². The van der Waals surface area contributed by atoms with Gasteiger partial charge in [0.25, 0.3) is 0 Å². The van der Waals surface area contributed by atoms with E-state index in [1.165, 1.54) is 0 Å². The minimum atomic E-state index is -0.0624. The molecule has 0 radical (unpaired) electrons. The molecule has 94 valence electrons. The highest BCUT2D eigenvalue weighted by Crippen LogP contribution is 2.27. The first-order valence-electron chi connectivity index (χ1n) is 5.87. The van der Waals surface area contributed by atoms with Gasteiger partial charge in [-0.05, 0) is 33.6 Å². The van der Waals surface area contributed by atoms with Gasteiger partial charge in [-0.25, -0.2) is 9.97 Å². The van der Waals surface area contributed by atoms with E-state index in [2.05, 4.69) is 22.2 Å². The predicted molar refractivity (Wildman–Crippen MR) is 68.6 cm³/mol. The molecule has 1 aliphatic heterocycles. The van der Waals surface area contributed by atoms with Crippen molar-refractivity contribution in [2.45, 2.75) is 39.2 Å². The molecule has 17 heavy (non-hydrogen) atoms. The first-order chi connectivity index (χ1) is 8.00. The van der Waals surface area contributed by atoms with Gasteiger partial charge in [-0.1, -0.05) is 11.6 Å². The molecule has 2 rings (SSSR count). The molecule has 1 aromatic heterocycles. The molecule has 0 aliphatic carbocycles. The molecule has 0 spiro atoms. The largest absolute Gasteiger partial charge is 0.379 e. The minimum absolute atomic E-state index is 0.0624. The number of nitrogens with one attached hydrogen (secondary N) is 1. The van der Waals surface area contributed by atoms with E-state index in [1.807, 2.05) is 13.8 Å². The molecule has 5 heteroatoms. The van der Waals surface area contributed by atoms with Gasteiger partial charge >= 0.3 is 0 Å². The van der Waals surface area contributed by atoms with Gasteiger partial charge in [0.2, 0.25) is 0 Å². The second kappa shape index (κ2) is 4.78. The van der Waals surface area contributed by atoms with E-state index in [0.29, 0.717) is 17.6 Å². The third-order valence-electron chi connectivity index (χ3n) is 3.06. The Morgan fingerprint density at radius 1 is 1.35 bits per heavy atom. The number of aromatic nitrogens is 2. The molecular weight excluding hydrogens is 238 g/mol. The van der Waals surface area contributed by atoms with E-state index in [-0.39, 0.29) is 5.54 Å². The van der Waals surface area contributed by atoms with E-state index in [9.17, 15) is 0 Å². The van der Waals surface area contributed by atoms with Crippen molar-refractivity contribution in [2.75, 3.05) is 18.5 Å². The molecule has 1 aliphatic rings. The zero-order chi connectivity index (χ0) is 12.5. The highest BCUT2D eigenvalue weighted by molar-refractivity contribution is 6.30. The molecule has 4 nitrogen and oxygen atoms in total. The lowest BCUT2D eigenvalue weighted by Gasteiger charge is -2.35. The number of halogens is 1. The average molecular weight is 256 g/mol. The van der Waals surface area contributed by atoms with Gasteiger partial charge in [-0.2, -0.15) is 0 Å². The highest BCUT2D eigenvalue weighted by atomic mass is 35.5. The van der Waals surface area contributed by atoms with Crippen LogP contribution in [0.15, 0.2) is 0 Å². The van der Waals surface area contributed by atoms with E-state index >= 15 is 0 Å². The van der Waals surface area contributed by atoms with Crippen LogP contribution in [0.3, 0.4) is 0 Å². The van der Waals surface area contributed by atoms with E-state index < -0.39 is 0 Å². The third-order valence-corrected chi connectivity index (χ3v) is 3.42. The van der Waals surface area contributed by atoms with Crippen LogP contribution < -0.4 is 5.32 Å². The van der Waals surface area contributed by atoms with Gasteiger partial charge in [0.05, 0.1) is 12.1 Å². The topological polar surface area (TPSA) is 47.0 Å². The van der Waals surface area contributed by atoms with Gasteiger partial charge in [-0.3, -0.25) is 0 Å². The second-order valence-corrected chi connectivity index (χ2v) is 5.24. The van der Waals surface area contributed by atoms with Crippen LogP contribution in [0.5, 0.6) is 0 Å². The first-order valence-corrected chi connectivity index (χ1v) is 6.25. The summed E-state index contributed by atoms with van der Waals surface area (Å²) in [5.41, 5.74) is 0.830. The van der Waals surface area contributed by atoms with E-state index in [4.69, 9.17) is 16.3 Å². The summed E-state index contributed by atoms with van der Waals surface area (Å²) >= 11 is 6.06. The third kappa shape index (κ3) is 2.87.